The monoisotopic (exact) mass is 296 g/mol. The standard InChI is InChI=1S/C11H21IO/c1-2-9-13-11-8-6-4-3-5-7-10(11)12/h10-11H,2-9H2,1H3. The number of alkyl halides is 1. The predicted molar refractivity (Wildman–Crippen MR) is 65.5 cm³/mol. The van der Waals surface area contributed by atoms with E-state index in [1.807, 2.05) is 0 Å². The third-order valence-electron chi connectivity index (χ3n) is 2.66. The van der Waals surface area contributed by atoms with E-state index < -0.39 is 0 Å². The van der Waals surface area contributed by atoms with E-state index >= 15 is 0 Å². The minimum Gasteiger partial charge on any atom is -0.377 e. The molecule has 1 rings (SSSR count). The van der Waals surface area contributed by atoms with Gasteiger partial charge < -0.3 is 4.74 Å². The molecule has 0 radical (unpaired) electrons. The van der Waals surface area contributed by atoms with Gasteiger partial charge in [-0.2, -0.15) is 0 Å². The second kappa shape index (κ2) is 7.04. The van der Waals surface area contributed by atoms with Crippen molar-refractivity contribution in [3.63, 3.8) is 0 Å². The van der Waals surface area contributed by atoms with E-state index in [-0.39, 0.29) is 0 Å². The summed E-state index contributed by atoms with van der Waals surface area (Å²) >= 11 is 2.58. The van der Waals surface area contributed by atoms with E-state index in [0.29, 0.717) is 6.10 Å². The zero-order valence-corrected chi connectivity index (χ0v) is 10.8. The average molecular weight is 296 g/mol. The fraction of sp³-hybridized carbons (Fsp3) is 1.00. The summed E-state index contributed by atoms with van der Waals surface area (Å²) in [6.07, 6.45) is 9.95. The van der Waals surface area contributed by atoms with Gasteiger partial charge in [0.05, 0.1) is 6.10 Å². The van der Waals surface area contributed by atoms with E-state index in [4.69, 9.17) is 4.74 Å². The van der Waals surface area contributed by atoms with Crippen LogP contribution in [0.2, 0.25) is 0 Å². The van der Waals surface area contributed by atoms with Crippen LogP contribution in [0.15, 0.2) is 0 Å². The van der Waals surface area contributed by atoms with Crippen molar-refractivity contribution >= 4 is 22.6 Å². The predicted octanol–water partition coefficient (Wildman–Crippen LogP) is 3.94. The third kappa shape index (κ3) is 4.63. The quantitative estimate of drug-likeness (QED) is 0.566. The van der Waals surface area contributed by atoms with Crippen molar-refractivity contribution in [1.82, 2.24) is 0 Å². The van der Waals surface area contributed by atoms with E-state index in [1.54, 1.807) is 0 Å². The highest BCUT2D eigenvalue weighted by molar-refractivity contribution is 14.1. The highest BCUT2D eigenvalue weighted by Crippen LogP contribution is 2.25. The largest absolute Gasteiger partial charge is 0.377 e. The van der Waals surface area contributed by atoms with E-state index in [9.17, 15) is 0 Å². The Balaban J connectivity index is 2.28. The van der Waals surface area contributed by atoms with Gasteiger partial charge in [-0.3, -0.25) is 0 Å². The highest BCUT2D eigenvalue weighted by Gasteiger charge is 2.20. The minimum atomic E-state index is 0.542. The maximum atomic E-state index is 5.87. The topological polar surface area (TPSA) is 9.23 Å². The molecule has 0 aromatic heterocycles. The van der Waals surface area contributed by atoms with Crippen molar-refractivity contribution < 1.29 is 4.74 Å². The summed E-state index contributed by atoms with van der Waals surface area (Å²) in [6, 6.07) is 0. The molecule has 0 amide bonds. The van der Waals surface area contributed by atoms with Crippen molar-refractivity contribution in [2.45, 2.75) is 61.9 Å². The molecule has 0 bridgehead atoms. The van der Waals surface area contributed by atoms with Gasteiger partial charge in [-0.05, 0) is 19.3 Å². The van der Waals surface area contributed by atoms with Crippen LogP contribution in [-0.4, -0.2) is 16.6 Å². The molecular weight excluding hydrogens is 275 g/mol. The van der Waals surface area contributed by atoms with Crippen LogP contribution in [0, 0.1) is 0 Å². The van der Waals surface area contributed by atoms with Crippen molar-refractivity contribution in [1.29, 1.82) is 0 Å². The van der Waals surface area contributed by atoms with Gasteiger partial charge in [0.1, 0.15) is 0 Å². The summed E-state index contributed by atoms with van der Waals surface area (Å²) in [6.45, 7) is 3.13. The molecule has 0 aromatic rings. The van der Waals surface area contributed by atoms with E-state index in [2.05, 4.69) is 29.5 Å². The zero-order chi connectivity index (χ0) is 9.52. The molecule has 0 heterocycles. The second-order valence-corrected chi connectivity index (χ2v) is 5.52. The van der Waals surface area contributed by atoms with Gasteiger partial charge in [-0.25, -0.2) is 0 Å². The first-order valence-corrected chi connectivity index (χ1v) is 6.85. The van der Waals surface area contributed by atoms with E-state index in [0.717, 1.165) is 17.0 Å². The average Bonchev–Trinajstić information content (AvgIpc) is 2.11. The fourth-order valence-electron chi connectivity index (χ4n) is 1.86. The fourth-order valence-corrected chi connectivity index (χ4v) is 2.87. The number of hydrogen-bond donors (Lipinski definition) is 0. The molecule has 0 aliphatic heterocycles. The second-order valence-electron chi connectivity index (χ2n) is 3.92. The maximum Gasteiger partial charge on any atom is 0.0692 e. The molecule has 1 saturated carbocycles. The lowest BCUT2D eigenvalue weighted by Crippen LogP contribution is -2.25. The van der Waals surface area contributed by atoms with Crippen molar-refractivity contribution in [3.8, 4) is 0 Å². The normalized spacial score (nSPS) is 30.9. The molecule has 1 aliphatic rings. The molecule has 1 nitrogen and oxygen atoms in total. The Labute approximate surface area is 95.8 Å². The lowest BCUT2D eigenvalue weighted by molar-refractivity contribution is 0.0433. The molecule has 1 aliphatic carbocycles. The van der Waals surface area contributed by atoms with Gasteiger partial charge in [0.25, 0.3) is 0 Å². The van der Waals surface area contributed by atoms with Gasteiger partial charge >= 0.3 is 0 Å². The molecule has 2 heteroatoms. The van der Waals surface area contributed by atoms with Crippen LogP contribution in [0.1, 0.15) is 51.9 Å². The number of halogens is 1. The van der Waals surface area contributed by atoms with Crippen LogP contribution in [0.4, 0.5) is 0 Å². The van der Waals surface area contributed by atoms with E-state index in [1.165, 1.54) is 38.5 Å². The highest BCUT2D eigenvalue weighted by atomic mass is 127. The lowest BCUT2D eigenvalue weighted by atomic mass is 9.98. The zero-order valence-electron chi connectivity index (χ0n) is 8.60. The Morgan fingerprint density at radius 3 is 2.54 bits per heavy atom. The van der Waals surface area contributed by atoms with Crippen molar-refractivity contribution in [2.24, 2.45) is 0 Å². The molecule has 0 aromatic carbocycles. The number of hydrogen-bond acceptors (Lipinski definition) is 1. The van der Waals surface area contributed by atoms with Crippen LogP contribution < -0.4 is 0 Å². The first-order valence-electron chi connectivity index (χ1n) is 5.60. The molecule has 0 N–H and O–H groups in total. The third-order valence-corrected chi connectivity index (χ3v) is 4.08. The Morgan fingerprint density at radius 2 is 1.85 bits per heavy atom. The minimum absolute atomic E-state index is 0.542. The lowest BCUT2D eigenvalue weighted by Gasteiger charge is -2.25. The van der Waals surface area contributed by atoms with Gasteiger partial charge in [-0.1, -0.05) is 55.2 Å². The smallest absolute Gasteiger partial charge is 0.0692 e. The van der Waals surface area contributed by atoms with Crippen LogP contribution in [0.25, 0.3) is 0 Å². The SMILES string of the molecule is CCCOC1CCCCCCC1I. The van der Waals surface area contributed by atoms with Crippen LogP contribution in [-0.2, 0) is 4.74 Å². The molecule has 13 heavy (non-hydrogen) atoms. The summed E-state index contributed by atoms with van der Waals surface area (Å²) < 4.78 is 6.63. The van der Waals surface area contributed by atoms with Gasteiger partial charge in [0.2, 0.25) is 0 Å². The summed E-state index contributed by atoms with van der Waals surface area (Å²) in [4.78, 5) is 0. The van der Waals surface area contributed by atoms with Crippen LogP contribution >= 0.6 is 22.6 Å². The Hall–Kier alpha value is 0.690. The van der Waals surface area contributed by atoms with Crippen molar-refractivity contribution in [3.05, 3.63) is 0 Å². The summed E-state index contributed by atoms with van der Waals surface area (Å²) in [7, 11) is 0. The molecule has 0 spiro atoms. The summed E-state index contributed by atoms with van der Waals surface area (Å²) in [5.41, 5.74) is 0. The molecule has 2 atom stereocenters. The Bertz CT molecular complexity index is 125. The van der Waals surface area contributed by atoms with Crippen LogP contribution in [0.5, 0.6) is 0 Å². The molecule has 2 unspecified atom stereocenters. The Kier molecular flexibility index (Phi) is 6.37. The first-order chi connectivity index (χ1) is 6.34. The van der Waals surface area contributed by atoms with Gasteiger partial charge in [-0.15, -0.1) is 0 Å². The number of rotatable bonds is 3. The maximum absolute atomic E-state index is 5.87. The van der Waals surface area contributed by atoms with Crippen LogP contribution in [0.3, 0.4) is 0 Å². The molecule has 0 saturated heterocycles. The van der Waals surface area contributed by atoms with Gasteiger partial charge in [0, 0.05) is 10.5 Å². The summed E-state index contributed by atoms with van der Waals surface area (Å²) in [5.74, 6) is 0. The molecule has 78 valence electrons. The van der Waals surface area contributed by atoms with Crippen molar-refractivity contribution in [2.75, 3.05) is 6.61 Å². The molecule has 1 fully saturated rings. The first kappa shape index (κ1) is 11.8. The van der Waals surface area contributed by atoms with Gasteiger partial charge in [0.15, 0.2) is 0 Å². The summed E-state index contributed by atoms with van der Waals surface area (Å²) in [5, 5.41) is 0. The Morgan fingerprint density at radius 1 is 1.15 bits per heavy atom. The molecular formula is C11H21IO. The number of ether oxygens (including phenoxy) is 1.